The van der Waals surface area contributed by atoms with Crippen LogP contribution in [0.5, 0.6) is 5.75 Å². The first-order valence-corrected chi connectivity index (χ1v) is 6.95. The molecule has 0 bridgehead atoms. The van der Waals surface area contributed by atoms with Crippen LogP contribution in [0, 0.1) is 25.2 Å². The van der Waals surface area contributed by atoms with E-state index in [9.17, 15) is 10.4 Å². The minimum atomic E-state index is 0.168. The smallest absolute Gasteiger partial charge is 0.149 e. The summed E-state index contributed by atoms with van der Waals surface area (Å²) in [6.45, 7) is 4.08. The second-order valence-electron chi connectivity index (χ2n) is 5.30. The highest BCUT2D eigenvalue weighted by atomic mass is 16.3. The quantitative estimate of drug-likeness (QED) is 0.701. The maximum atomic E-state index is 9.51. The zero-order valence-corrected chi connectivity index (χ0v) is 12.4. The highest BCUT2D eigenvalue weighted by Gasteiger charge is 2.09. The van der Waals surface area contributed by atoms with Gasteiger partial charge >= 0.3 is 0 Å². The summed E-state index contributed by atoms with van der Waals surface area (Å²) in [5.74, 6) is 0.702. The Hall–Kier alpha value is -3.06. The number of imidazole rings is 1. The number of aromatic hydroxyl groups is 1. The molecule has 2 N–H and O–H groups in total. The number of phenols is 1. The number of H-pyrrole nitrogens is 1. The number of aromatic amines is 1. The van der Waals surface area contributed by atoms with Crippen LogP contribution in [0.15, 0.2) is 36.4 Å². The van der Waals surface area contributed by atoms with Crippen LogP contribution in [0.4, 0.5) is 0 Å². The number of hydrogen-bond acceptors (Lipinski definition) is 3. The molecule has 0 unspecified atom stereocenters. The van der Waals surface area contributed by atoms with Gasteiger partial charge in [0.05, 0.1) is 16.6 Å². The number of phenolic OH excluding ortho intramolecular Hbond substituents is 1. The molecular formula is C18H15N3O. The van der Waals surface area contributed by atoms with Crippen molar-refractivity contribution in [2.75, 3.05) is 0 Å². The summed E-state index contributed by atoms with van der Waals surface area (Å²) in [6.07, 6.45) is 1.71. The van der Waals surface area contributed by atoms with Gasteiger partial charge in [-0.2, -0.15) is 5.26 Å². The summed E-state index contributed by atoms with van der Waals surface area (Å²) < 4.78 is 0. The van der Waals surface area contributed by atoms with Crippen LogP contribution in [-0.4, -0.2) is 15.1 Å². The van der Waals surface area contributed by atoms with E-state index < -0.39 is 0 Å². The third kappa shape index (κ3) is 2.57. The Balaban J connectivity index is 2.09. The minimum absolute atomic E-state index is 0.168. The molecule has 4 heteroatoms. The Kier molecular flexibility index (Phi) is 3.40. The zero-order valence-electron chi connectivity index (χ0n) is 12.4. The van der Waals surface area contributed by atoms with Gasteiger partial charge < -0.3 is 10.1 Å². The average molecular weight is 289 g/mol. The molecule has 2 aromatic carbocycles. The SMILES string of the molecule is Cc1cc2nc(/C(C#N)=C/c3cccc(O)c3)[nH]c2cc1C. The van der Waals surface area contributed by atoms with Crippen LogP contribution >= 0.6 is 0 Å². The maximum absolute atomic E-state index is 9.51. The van der Waals surface area contributed by atoms with Crippen molar-refractivity contribution in [1.29, 1.82) is 5.26 Å². The standard InChI is InChI=1S/C18H15N3O/c1-11-6-16-17(7-12(11)2)21-18(20-16)14(10-19)8-13-4-3-5-15(22)9-13/h3-9,22H,1-2H3,(H,20,21)/b14-8+. The number of aromatic nitrogens is 2. The van der Waals surface area contributed by atoms with E-state index in [1.165, 1.54) is 11.1 Å². The molecule has 22 heavy (non-hydrogen) atoms. The molecular weight excluding hydrogens is 274 g/mol. The Morgan fingerprint density at radius 1 is 1.23 bits per heavy atom. The van der Waals surface area contributed by atoms with Crippen molar-refractivity contribution in [3.8, 4) is 11.8 Å². The summed E-state index contributed by atoms with van der Waals surface area (Å²) >= 11 is 0. The van der Waals surface area contributed by atoms with Gasteiger partial charge in [0, 0.05) is 0 Å². The predicted molar refractivity (Wildman–Crippen MR) is 87.2 cm³/mol. The second kappa shape index (κ2) is 5.38. The van der Waals surface area contributed by atoms with Crippen molar-refractivity contribution < 1.29 is 5.11 Å². The topological polar surface area (TPSA) is 72.7 Å². The van der Waals surface area contributed by atoms with Crippen molar-refractivity contribution in [2.45, 2.75) is 13.8 Å². The molecule has 1 heterocycles. The molecule has 1 aromatic heterocycles. The minimum Gasteiger partial charge on any atom is -0.508 e. The van der Waals surface area contributed by atoms with Gasteiger partial charge in [-0.05, 0) is 60.9 Å². The number of aryl methyl sites for hydroxylation is 2. The van der Waals surface area contributed by atoms with Gasteiger partial charge in [-0.15, -0.1) is 0 Å². The lowest BCUT2D eigenvalue weighted by Gasteiger charge is -1.97. The van der Waals surface area contributed by atoms with Crippen molar-refractivity contribution in [3.63, 3.8) is 0 Å². The molecule has 0 spiro atoms. The zero-order chi connectivity index (χ0) is 15.7. The Bertz CT molecular complexity index is 890. The highest BCUT2D eigenvalue weighted by Crippen LogP contribution is 2.22. The number of allylic oxidation sites excluding steroid dienone is 1. The summed E-state index contributed by atoms with van der Waals surface area (Å²) in [5, 5.41) is 18.9. The summed E-state index contributed by atoms with van der Waals surface area (Å²) in [6, 6.07) is 13.0. The fraction of sp³-hybridized carbons (Fsp3) is 0.111. The van der Waals surface area contributed by atoms with E-state index in [0.29, 0.717) is 11.4 Å². The van der Waals surface area contributed by atoms with Gasteiger partial charge in [0.25, 0.3) is 0 Å². The number of rotatable bonds is 2. The summed E-state index contributed by atoms with van der Waals surface area (Å²) in [5.41, 5.74) is 5.28. The van der Waals surface area contributed by atoms with Crippen molar-refractivity contribution >= 4 is 22.7 Å². The van der Waals surface area contributed by atoms with Gasteiger partial charge in [0.1, 0.15) is 17.6 Å². The van der Waals surface area contributed by atoms with Crippen LogP contribution in [0.1, 0.15) is 22.5 Å². The van der Waals surface area contributed by atoms with E-state index >= 15 is 0 Å². The molecule has 0 amide bonds. The van der Waals surface area contributed by atoms with Crippen LogP contribution in [0.25, 0.3) is 22.7 Å². The molecule has 3 aromatic rings. The number of fused-ring (bicyclic) bond motifs is 1. The molecule has 0 aliphatic heterocycles. The highest BCUT2D eigenvalue weighted by molar-refractivity contribution is 5.90. The first-order chi connectivity index (χ1) is 10.6. The van der Waals surface area contributed by atoms with Crippen LogP contribution < -0.4 is 0 Å². The van der Waals surface area contributed by atoms with Gasteiger partial charge in [-0.25, -0.2) is 4.98 Å². The molecule has 3 rings (SSSR count). The molecule has 4 nitrogen and oxygen atoms in total. The number of nitriles is 1. The van der Waals surface area contributed by atoms with E-state index in [1.807, 2.05) is 32.0 Å². The van der Waals surface area contributed by atoms with E-state index in [4.69, 9.17) is 0 Å². The lowest BCUT2D eigenvalue weighted by Crippen LogP contribution is -1.84. The van der Waals surface area contributed by atoms with Gasteiger partial charge in [0.2, 0.25) is 0 Å². The van der Waals surface area contributed by atoms with Gasteiger partial charge in [-0.1, -0.05) is 12.1 Å². The van der Waals surface area contributed by atoms with E-state index in [1.54, 1.807) is 24.3 Å². The van der Waals surface area contributed by atoms with Crippen LogP contribution in [-0.2, 0) is 0 Å². The van der Waals surface area contributed by atoms with E-state index in [-0.39, 0.29) is 5.75 Å². The summed E-state index contributed by atoms with van der Waals surface area (Å²) in [4.78, 5) is 7.68. The Morgan fingerprint density at radius 3 is 2.73 bits per heavy atom. The van der Waals surface area contributed by atoms with E-state index in [0.717, 1.165) is 16.6 Å². The normalized spacial score (nSPS) is 11.6. The molecule has 0 aliphatic rings. The van der Waals surface area contributed by atoms with E-state index in [2.05, 4.69) is 16.0 Å². The van der Waals surface area contributed by atoms with Crippen molar-refractivity contribution in [1.82, 2.24) is 9.97 Å². The predicted octanol–water partition coefficient (Wildman–Crippen LogP) is 3.95. The first kappa shape index (κ1) is 13.9. The molecule has 0 atom stereocenters. The van der Waals surface area contributed by atoms with Gasteiger partial charge in [0.15, 0.2) is 0 Å². The molecule has 0 saturated carbocycles. The number of nitrogens with one attached hydrogen (secondary N) is 1. The summed E-state index contributed by atoms with van der Waals surface area (Å²) in [7, 11) is 0. The fourth-order valence-corrected chi connectivity index (χ4v) is 2.33. The molecule has 0 aliphatic carbocycles. The molecule has 0 saturated heterocycles. The Morgan fingerprint density at radius 2 is 2.00 bits per heavy atom. The lowest BCUT2D eigenvalue weighted by atomic mass is 10.1. The Labute approximate surface area is 128 Å². The molecule has 0 fully saturated rings. The number of nitrogens with zero attached hydrogens (tertiary/aromatic N) is 2. The molecule has 0 radical (unpaired) electrons. The fourth-order valence-electron chi connectivity index (χ4n) is 2.33. The largest absolute Gasteiger partial charge is 0.508 e. The van der Waals surface area contributed by atoms with Crippen LogP contribution in [0.3, 0.4) is 0 Å². The number of hydrogen-bond donors (Lipinski definition) is 2. The maximum Gasteiger partial charge on any atom is 0.149 e. The third-order valence-corrected chi connectivity index (χ3v) is 3.65. The van der Waals surface area contributed by atoms with Crippen molar-refractivity contribution in [2.24, 2.45) is 0 Å². The van der Waals surface area contributed by atoms with Crippen molar-refractivity contribution in [3.05, 3.63) is 58.9 Å². The monoisotopic (exact) mass is 289 g/mol. The third-order valence-electron chi connectivity index (χ3n) is 3.65. The van der Waals surface area contributed by atoms with Gasteiger partial charge in [-0.3, -0.25) is 0 Å². The first-order valence-electron chi connectivity index (χ1n) is 6.95. The average Bonchev–Trinajstić information content (AvgIpc) is 2.88. The lowest BCUT2D eigenvalue weighted by molar-refractivity contribution is 0.475. The molecule has 108 valence electrons. The number of benzene rings is 2. The second-order valence-corrected chi connectivity index (χ2v) is 5.30. The van der Waals surface area contributed by atoms with Crippen LogP contribution in [0.2, 0.25) is 0 Å².